The molecule has 0 amide bonds. The number of nitrogens with one attached hydrogen (secondary N) is 2. The first kappa shape index (κ1) is 12.9. The summed E-state index contributed by atoms with van der Waals surface area (Å²) >= 11 is 0. The molecule has 100 valence electrons. The van der Waals surface area contributed by atoms with Crippen molar-refractivity contribution in [2.75, 3.05) is 12.5 Å². The first-order valence-corrected chi connectivity index (χ1v) is 6.30. The number of H-pyrrole nitrogens is 1. The van der Waals surface area contributed by atoms with E-state index in [9.17, 15) is 4.79 Å². The smallest absolute Gasteiger partial charge is 0.295 e. The summed E-state index contributed by atoms with van der Waals surface area (Å²) in [6.07, 6.45) is 4.90. The Labute approximate surface area is 106 Å². The number of piperidine rings is 1. The minimum absolute atomic E-state index is 0.225. The molecule has 6 heteroatoms. The van der Waals surface area contributed by atoms with Gasteiger partial charge in [0, 0.05) is 12.1 Å². The molecule has 6 nitrogen and oxygen atoms in total. The van der Waals surface area contributed by atoms with Crippen LogP contribution < -0.4 is 15.7 Å². The summed E-state index contributed by atoms with van der Waals surface area (Å²) in [6, 6.07) is 0.832. The highest BCUT2D eigenvalue weighted by atomic mass is 16.5. The first-order valence-electron chi connectivity index (χ1n) is 6.30. The Bertz CT molecular complexity index is 450. The van der Waals surface area contributed by atoms with Crippen LogP contribution in [0.15, 0.2) is 11.1 Å². The highest BCUT2D eigenvalue weighted by Crippen LogP contribution is 2.24. The van der Waals surface area contributed by atoms with Gasteiger partial charge in [-0.1, -0.05) is 6.42 Å². The average molecular weight is 252 g/mol. The van der Waals surface area contributed by atoms with E-state index in [0.717, 1.165) is 12.8 Å². The van der Waals surface area contributed by atoms with Crippen molar-refractivity contribution in [2.24, 2.45) is 0 Å². The normalized spacial score (nSPS) is 24.8. The zero-order valence-electron chi connectivity index (χ0n) is 11.1. The van der Waals surface area contributed by atoms with E-state index >= 15 is 0 Å². The highest BCUT2D eigenvalue weighted by Gasteiger charge is 2.26. The van der Waals surface area contributed by atoms with Crippen molar-refractivity contribution in [3.63, 3.8) is 0 Å². The van der Waals surface area contributed by atoms with Crippen molar-refractivity contribution >= 4 is 5.82 Å². The van der Waals surface area contributed by atoms with Crippen molar-refractivity contribution in [1.29, 1.82) is 0 Å². The minimum atomic E-state index is -0.271. The van der Waals surface area contributed by atoms with Crippen molar-refractivity contribution in [1.82, 2.24) is 15.0 Å². The van der Waals surface area contributed by atoms with Crippen molar-refractivity contribution in [2.45, 2.75) is 45.2 Å². The van der Waals surface area contributed by atoms with E-state index in [1.54, 1.807) is 0 Å². The second-order valence-electron chi connectivity index (χ2n) is 4.76. The van der Waals surface area contributed by atoms with Gasteiger partial charge >= 0.3 is 0 Å². The van der Waals surface area contributed by atoms with Crippen molar-refractivity contribution in [3.05, 3.63) is 16.7 Å². The fraction of sp³-hybridized carbons (Fsp3) is 0.667. The summed E-state index contributed by atoms with van der Waals surface area (Å²) < 4.78 is 5.09. The molecule has 0 spiro atoms. The molecule has 0 aliphatic carbocycles. The van der Waals surface area contributed by atoms with Crippen molar-refractivity contribution in [3.8, 4) is 5.75 Å². The van der Waals surface area contributed by atoms with Gasteiger partial charge in [0.1, 0.15) is 0 Å². The number of anilines is 1. The number of hydrazine groups is 1. The van der Waals surface area contributed by atoms with Gasteiger partial charge in [-0.25, -0.2) is 9.99 Å². The van der Waals surface area contributed by atoms with E-state index in [-0.39, 0.29) is 11.3 Å². The third-order valence-electron chi connectivity index (χ3n) is 3.44. The van der Waals surface area contributed by atoms with Gasteiger partial charge in [-0.15, -0.1) is 0 Å². The first-order chi connectivity index (χ1) is 8.63. The molecule has 2 unspecified atom stereocenters. The number of rotatable bonds is 3. The van der Waals surface area contributed by atoms with E-state index < -0.39 is 0 Å². The summed E-state index contributed by atoms with van der Waals surface area (Å²) in [5, 5.41) is 2.15. The third kappa shape index (κ3) is 2.48. The molecule has 2 atom stereocenters. The van der Waals surface area contributed by atoms with Gasteiger partial charge in [-0.05, 0) is 26.7 Å². The average Bonchev–Trinajstić information content (AvgIpc) is 2.34. The molecule has 0 saturated carbocycles. The maximum Gasteiger partial charge on any atom is 0.295 e. The van der Waals surface area contributed by atoms with Crippen molar-refractivity contribution < 1.29 is 4.74 Å². The fourth-order valence-corrected chi connectivity index (χ4v) is 2.42. The van der Waals surface area contributed by atoms with Gasteiger partial charge < -0.3 is 9.72 Å². The predicted molar refractivity (Wildman–Crippen MR) is 69.6 cm³/mol. The van der Waals surface area contributed by atoms with E-state index in [4.69, 9.17) is 4.74 Å². The molecule has 1 fully saturated rings. The van der Waals surface area contributed by atoms with Gasteiger partial charge in [0.25, 0.3) is 5.56 Å². The lowest BCUT2D eigenvalue weighted by atomic mass is 10.00. The standard InChI is InChI=1S/C12H20N4O2/c1-8-5-4-6-9(2)16(8)15-11-10(18-3)12(17)14-7-13-11/h7-9H,4-6H2,1-3H3,(H2,13,14,15,17). The van der Waals surface area contributed by atoms with Crippen LogP contribution >= 0.6 is 0 Å². The SMILES string of the molecule is COc1c(NN2C(C)CCCC2C)nc[nH]c1=O. The van der Waals surface area contributed by atoms with E-state index in [1.807, 2.05) is 0 Å². The van der Waals surface area contributed by atoms with E-state index in [2.05, 4.69) is 34.3 Å². The molecule has 2 heterocycles. The number of hydrogen-bond donors (Lipinski definition) is 2. The summed E-state index contributed by atoms with van der Waals surface area (Å²) in [4.78, 5) is 18.2. The van der Waals surface area contributed by atoms with Gasteiger partial charge in [-0.2, -0.15) is 0 Å². The molecular weight excluding hydrogens is 232 g/mol. The number of hydrogen-bond acceptors (Lipinski definition) is 5. The largest absolute Gasteiger partial charge is 0.488 e. The molecule has 0 aromatic carbocycles. The van der Waals surface area contributed by atoms with E-state index in [1.165, 1.54) is 19.9 Å². The number of nitrogens with zero attached hydrogens (tertiary/aromatic N) is 2. The van der Waals surface area contributed by atoms with Crippen LogP contribution in [0.4, 0.5) is 5.82 Å². The van der Waals surface area contributed by atoms with Crippen LogP contribution in [0.2, 0.25) is 0 Å². The van der Waals surface area contributed by atoms with Gasteiger partial charge in [0.15, 0.2) is 5.82 Å². The molecule has 1 saturated heterocycles. The molecular formula is C12H20N4O2. The third-order valence-corrected chi connectivity index (χ3v) is 3.44. The Kier molecular flexibility index (Phi) is 3.86. The Morgan fingerprint density at radius 1 is 1.44 bits per heavy atom. The van der Waals surface area contributed by atoms with E-state index in [0.29, 0.717) is 17.9 Å². The molecule has 1 aromatic rings. The van der Waals surface area contributed by atoms with Gasteiger partial charge in [-0.3, -0.25) is 10.2 Å². The molecule has 18 heavy (non-hydrogen) atoms. The second-order valence-corrected chi connectivity index (χ2v) is 4.76. The molecule has 2 N–H and O–H groups in total. The predicted octanol–water partition coefficient (Wildman–Crippen LogP) is 1.37. The monoisotopic (exact) mass is 252 g/mol. The highest BCUT2D eigenvalue weighted by molar-refractivity contribution is 5.47. The molecule has 2 rings (SSSR count). The molecule has 1 aliphatic rings. The second kappa shape index (κ2) is 5.39. The quantitative estimate of drug-likeness (QED) is 0.850. The zero-order valence-corrected chi connectivity index (χ0v) is 11.1. The Balaban J connectivity index is 2.22. The van der Waals surface area contributed by atoms with Crippen LogP contribution in [0.25, 0.3) is 0 Å². The van der Waals surface area contributed by atoms with Crippen LogP contribution in [-0.2, 0) is 0 Å². The van der Waals surface area contributed by atoms with Crippen LogP contribution in [-0.4, -0.2) is 34.2 Å². The molecule has 1 aromatic heterocycles. The summed E-state index contributed by atoms with van der Waals surface area (Å²) in [7, 11) is 1.47. The maximum absolute atomic E-state index is 11.6. The Morgan fingerprint density at radius 2 is 2.11 bits per heavy atom. The summed E-state index contributed by atoms with van der Waals surface area (Å²) in [6.45, 7) is 4.34. The lowest BCUT2D eigenvalue weighted by molar-refractivity contribution is 0.134. The Morgan fingerprint density at radius 3 is 2.72 bits per heavy atom. The van der Waals surface area contributed by atoms with Crippen LogP contribution in [0.3, 0.4) is 0 Å². The maximum atomic E-state index is 11.6. The molecule has 0 bridgehead atoms. The lowest BCUT2D eigenvalue weighted by Gasteiger charge is -2.39. The van der Waals surface area contributed by atoms with Crippen LogP contribution in [0.1, 0.15) is 33.1 Å². The molecule has 1 aliphatic heterocycles. The number of aromatic nitrogens is 2. The zero-order chi connectivity index (χ0) is 13.1. The fourth-order valence-electron chi connectivity index (χ4n) is 2.42. The molecule has 0 radical (unpaired) electrons. The number of methoxy groups -OCH3 is 1. The van der Waals surface area contributed by atoms with Crippen LogP contribution in [0.5, 0.6) is 5.75 Å². The minimum Gasteiger partial charge on any atom is -0.488 e. The Hall–Kier alpha value is -1.56. The topological polar surface area (TPSA) is 70.2 Å². The van der Waals surface area contributed by atoms with Crippen LogP contribution in [0, 0.1) is 0 Å². The number of ether oxygens (including phenoxy) is 1. The van der Waals surface area contributed by atoms with Gasteiger partial charge in [0.2, 0.25) is 5.75 Å². The summed E-state index contributed by atoms with van der Waals surface area (Å²) in [5.74, 6) is 0.698. The number of aromatic amines is 1. The van der Waals surface area contributed by atoms with Gasteiger partial charge in [0.05, 0.1) is 13.4 Å². The lowest BCUT2D eigenvalue weighted by Crippen LogP contribution is -2.47. The summed E-state index contributed by atoms with van der Waals surface area (Å²) in [5.41, 5.74) is 2.95.